The standard InChI is InChI=1S/C15H21Br/c1-10-7-11(2)14(12(3)8-10)9-13-5-4-6-15(13)16/h7-8,13,15H,4-6,9H2,1-3H3. The molecule has 1 aliphatic rings. The quantitative estimate of drug-likeness (QED) is 0.688. The Morgan fingerprint density at radius 1 is 1.12 bits per heavy atom. The molecule has 0 amide bonds. The van der Waals surface area contributed by atoms with E-state index in [0.717, 1.165) is 10.7 Å². The van der Waals surface area contributed by atoms with Gasteiger partial charge in [-0.1, -0.05) is 40.0 Å². The minimum absolute atomic E-state index is 0.743. The van der Waals surface area contributed by atoms with Crippen LogP contribution >= 0.6 is 15.9 Å². The van der Waals surface area contributed by atoms with Crippen LogP contribution in [0, 0.1) is 26.7 Å². The van der Waals surface area contributed by atoms with E-state index >= 15 is 0 Å². The molecule has 1 aromatic carbocycles. The Hall–Kier alpha value is -0.300. The highest BCUT2D eigenvalue weighted by Gasteiger charge is 2.25. The highest BCUT2D eigenvalue weighted by atomic mass is 79.9. The number of aryl methyl sites for hydroxylation is 3. The first-order valence-corrected chi connectivity index (χ1v) is 7.20. The Morgan fingerprint density at radius 3 is 2.25 bits per heavy atom. The lowest BCUT2D eigenvalue weighted by Gasteiger charge is -2.18. The van der Waals surface area contributed by atoms with Crippen molar-refractivity contribution in [2.75, 3.05) is 0 Å². The highest BCUT2D eigenvalue weighted by molar-refractivity contribution is 9.09. The van der Waals surface area contributed by atoms with Gasteiger partial charge in [0.05, 0.1) is 0 Å². The zero-order valence-corrected chi connectivity index (χ0v) is 12.1. The van der Waals surface area contributed by atoms with Crippen molar-refractivity contribution in [3.8, 4) is 0 Å². The first-order valence-electron chi connectivity index (χ1n) is 6.28. The third kappa shape index (κ3) is 2.51. The van der Waals surface area contributed by atoms with E-state index in [1.54, 1.807) is 5.56 Å². The number of halogens is 1. The van der Waals surface area contributed by atoms with Crippen LogP contribution in [0.2, 0.25) is 0 Å². The van der Waals surface area contributed by atoms with Crippen LogP contribution in [0.25, 0.3) is 0 Å². The number of hydrogen-bond donors (Lipinski definition) is 0. The summed E-state index contributed by atoms with van der Waals surface area (Å²) >= 11 is 3.83. The normalized spacial score (nSPS) is 25.0. The van der Waals surface area contributed by atoms with Gasteiger partial charge in [0.2, 0.25) is 0 Å². The summed E-state index contributed by atoms with van der Waals surface area (Å²) in [6, 6.07) is 4.64. The third-order valence-corrected chi connectivity index (χ3v) is 5.08. The molecule has 1 heteroatoms. The Bertz CT molecular complexity index is 358. The molecule has 0 nitrogen and oxygen atoms in total. The molecule has 0 aliphatic heterocycles. The molecule has 0 aromatic heterocycles. The summed E-state index contributed by atoms with van der Waals surface area (Å²) in [5, 5.41) is 0. The SMILES string of the molecule is Cc1cc(C)c(CC2CCCC2Br)c(C)c1. The Kier molecular flexibility index (Phi) is 3.73. The lowest BCUT2D eigenvalue weighted by atomic mass is 9.90. The molecule has 0 radical (unpaired) electrons. The van der Waals surface area contributed by atoms with Crippen molar-refractivity contribution in [1.29, 1.82) is 0 Å². The van der Waals surface area contributed by atoms with Crippen LogP contribution in [0.3, 0.4) is 0 Å². The van der Waals surface area contributed by atoms with Crippen molar-refractivity contribution >= 4 is 15.9 Å². The number of rotatable bonds is 2. The van der Waals surface area contributed by atoms with Crippen LogP contribution in [0.15, 0.2) is 12.1 Å². The van der Waals surface area contributed by atoms with Gasteiger partial charge in [0.1, 0.15) is 0 Å². The van der Waals surface area contributed by atoms with E-state index in [4.69, 9.17) is 0 Å². The molecule has 88 valence electrons. The Morgan fingerprint density at radius 2 is 1.75 bits per heavy atom. The Balaban J connectivity index is 2.21. The van der Waals surface area contributed by atoms with Crippen LogP contribution < -0.4 is 0 Å². The van der Waals surface area contributed by atoms with Gasteiger partial charge < -0.3 is 0 Å². The van der Waals surface area contributed by atoms with E-state index in [2.05, 4.69) is 48.8 Å². The van der Waals surface area contributed by atoms with Crippen molar-refractivity contribution in [2.24, 2.45) is 5.92 Å². The number of alkyl halides is 1. The maximum Gasteiger partial charge on any atom is 0.0177 e. The molecular weight excluding hydrogens is 260 g/mol. The minimum atomic E-state index is 0.743. The number of hydrogen-bond acceptors (Lipinski definition) is 0. The molecule has 1 aromatic rings. The van der Waals surface area contributed by atoms with Gasteiger partial charge in [0, 0.05) is 4.83 Å². The zero-order valence-electron chi connectivity index (χ0n) is 10.5. The van der Waals surface area contributed by atoms with Crippen molar-refractivity contribution in [3.63, 3.8) is 0 Å². The average molecular weight is 281 g/mol. The molecular formula is C15H21Br. The summed E-state index contributed by atoms with van der Waals surface area (Å²) in [6.07, 6.45) is 5.40. The van der Waals surface area contributed by atoms with Gasteiger partial charge in [-0.2, -0.15) is 0 Å². The maximum absolute atomic E-state index is 3.83. The van der Waals surface area contributed by atoms with E-state index in [1.165, 1.54) is 42.4 Å². The second-order valence-corrected chi connectivity index (χ2v) is 6.46. The molecule has 2 rings (SSSR count). The fourth-order valence-corrected chi connectivity index (χ4v) is 3.79. The van der Waals surface area contributed by atoms with Gasteiger partial charge in [-0.05, 0) is 62.6 Å². The third-order valence-electron chi connectivity index (χ3n) is 3.87. The molecule has 0 spiro atoms. The maximum atomic E-state index is 3.83. The minimum Gasteiger partial charge on any atom is -0.0888 e. The largest absolute Gasteiger partial charge is 0.0888 e. The van der Waals surface area contributed by atoms with E-state index in [0.29, 0.717) is 0 Å². The average Bonchev–Trinajstić information content (AvgIpc) is 2.57. The van der Waals surface area contributed by atoms with Gasteiger partial charge in [-0.3, -0.25) is 0 Å². The van der Waals surface area contributed by atoms with Crippen LogP contribution in [-0.2, 0) is 6.42 Å². The molecule has 0 heterocycles. The van der Waals surface area contributed by atoms with Gasteiger partial charge in [-0.15, -0.1) is 0 Å². The topological polar surface area (TPSA) is 0 Å². The fourth-order valence-electron chi connectivity index (χ4n) is 3.02. The first-order chi connectivity index (χ1) is 7.58. The van der Waals surface area contributed by atoms with Crippen molar-refractivity contribution in [2.45, 2.75) is 51.3 Å². The van der Waals surface area contributed by atoms with Crippen LogP contribution in [0.5, 0.6) is 0 Å². The number of benzene rings is 1. The van der Waals surface area contributed by atoms with Gasteiger partial charge >= 0.3 is 0 Å². The molecule has 2 unspecified atom stereocenters. The second-order valence-electron chi connectivity index (χ2n) is 5.29. The summed E-state index contributed by atoms with van der Waals surface area (Å²) < 4.78 is 0. The molecule has 0 N–H and O–H groups in total. The highest BCUT2D eigenvalue weighted by Crippen LogP contribution is 2.35. The molecule has 2 atom stereocenters. The predicted molar refractivity (Wildman–Crippen MR) is 74.4 cm³/mol. The summed E-state index contributed by atoms with van der Waals surface area (Å²) in [6.45, 7) is 6.70. The monoisotopic (exact) mass is 280 g/mol. The van der Waals surface area contributed by atoms with E-state index < -0.39 is 0 Å². The van der Waals surface area contributed by atoms with Gasteiger partial charge in [-0.25, -0.2) is 0 Å². The van der Waals surface area contributed by atoms with Gasteiger partial charge in [0.15, 0.2) is 0 Å². The van der Waals surface area contributed by atoms with E-state index in [1.807, 2.05) is 0 Å². The van der Waals surface area contributed by atoms with Crippen LogP contribution in [0.1, 0.15) is 41.5 Å². The second kappa shape index (κ2) is 4.91. The summed E-state index contributed by atoms with van der Waals surface area (Å²) in [5.74, 6) is 0.847. The predicted octanol–water partition coefficient (Wildman–Crippen LogP) is 4.72. The first kappa shape index (κ1) is 12.2. The molecule has 1 fully saturated rings. The lowest BCUT2D eigenvalue weighted by molar-refractivity contribution is 0.559. The van der Waals surface area contributed by atoms with Crippen LogP contribution in [0.4, 0.5) is 0 Å². The molecule has 0 saturated heterocycles. The van der Waals surface area contributed by atoms with Crippen molar-refractivity contribution in [1.82, 2.24) is 0 Å². The summed E-state index contributed by atoms with van der Waals surface area (Å²) in [5.41, 5.74) is 5.93. The summed E-state index contributed by atoms with van der Waals surface area (Å²) in [4.78, 5) is 0.743. The van der Waals surface area contributed by atoms with E-state index in [9.17, 15) is 0 Å². The summed E-state index contributed by atoms with van der Waals surface area (Å²) in [7, 11) is 0. The molecule has 16 heavy (non-hydrogen) atoms. The van der Waals surface area contributed by atoms with Crippen LogP contribution in [-0.4, -0.2) is 4.83 Å². The zero-order chi connectivity index (χ0) is 11.7. The fraction of sp³-hybridized carbons (Fsp3) is 0.600. The van der Waals surface area contributed by atoms with Crippen molar-refractivity contribution in [3.05, 3.63) is 34.4 Å². The molecule has 1 saturated carbocycles. The molecule has 1 aliphatic carbocycles. The Labute approximate surface area is 108 Å². The van der Waals surface area contributed by atoms with Crippen molar-refractivity contribution < 1.29 is 0 Å². The molecule has 0 bridgehead atoms. The van der Waals surface area contributed by atoms with E-state index in [-0.39, 0.29) is 0 Å². The lowest BCUT2D eigenvalue weighted by Crippen LogP contribution is -2.11. The smallest absolute Gasteiger partial charge is 0.0177 e. The van der Waals surface area contributed by atoms with Gasteiger partial charge in [0.25, 0.3) is 0 Å².